The number of hydrogen-bond donors (Lipinski definition) is 3. The first-order chi connectivity index (χ1) is 12.2. The van der Waals surface area contributed by atoms with Gasteiger partial charge in [-0.2, -0.15) is 13.2 Å². The summed E-state index contributed by atoms with van der Waals surface area (Å²) in [6, 6.07) is 12.5. The Hall–Kier alpha value is -2.87. The Morgan fingerprint density at radius 2 is 1.73 bits per heavy atom. The van der Waals surface area contributed by atoms with Gasteiger partial charge in [-0.1, -0.05) is 18.2 Å². The van der Waals surface area contributed by atoms with Gasteiger partial charge in [0.2, 0.25) is 5.56 Å². The van der Waals surface area contributed by atoms with Crippen molar-refractivity contribution in [2.24, 2.45) is 5.73 Å². The average molecular weight is 377 g/mol. The molecule has 0 amide bonds. The fraction of sp³-hybridized carbons (Fsp3) is 0.111. The maximum Gasteiger partial charge on any atom is 0.417 e. The van der Waals surface area contributed by atoms with E-state index in [1.54, 1.807) is 18.2 Å². The van der Waals surface area contributed by atoms with E-state index in [9.17, 15) is 18.0 Å². The minimum Gasteiger partial charge on any atom is -0.376 e. The van der Waals surface area contributed by atoms with Crippen molar-refractivity contribution in [3.05, 3.63) is 75.6 Å². The number of anilines is 1. The largest absolute Gasteiger partial charge is 0.417 e. The van der Waals surface area contributed by atoms with Crippen LogP contribution in [0.3, 0.4) is 0 Å². The molecular formula is C18H14F3N3OS. The summed E-state index contributed by atoms with van der Waals surface area (Å²) in [4.78, 5) is 13.9. The quantitative estimate of drug-likeness (QED) is 0.608. The van der Waals surface area contributed by atoms with Crippen molar-refractivity contribution in [1.29, 1.82) is 0 Å². The molecule has 0 spiro atoms. The lowest BCUT2D eigenvalue weighted by Gasteiger charge is -2.11. The van der Waals surface area contributed by atoms with E-state index in [1.807, 2.05) is 12.1 Å². The molecule has 3 aromatic rings. The molecule has 26 heavy (non-hydrogen) atoms. The van der Waals surface area contributed by atoms with E-state index in [2.05, 4.69) is 10.3 Å². The van der Waals surface area contributed by atoms with Crippen LogP contribution in [0.2, 0.25) is 0 Å². The predicted molar refractivity (Wildman–Crippen MR) is 99.2 cm³/mol. The van der Waals surface area contributed by atoms with Crippen molar-refractivity contribution in [1.82, 2.24) is 4.98 Å². The number of thiocarbonyl (C=S) groups is 1. The molecule has 1 heterocycles. The summed E-state index contributed by atoms with van der Waals surface area (Å²) in [6.07, 6.45) is -4.15. The summed E-state index contributed by atoms with van der Waals surface area (Å²) in [6.45, 7) is 0. The molecule has 0 unspecified atom stereocenters. The first-order valence-corrected chi connectivity index (χ1v) is 8.02. The lowest BCUT2D eigenvalue weighted by Crippen LogP contribution is -2.18. The molecule has 8 heteroatoms. The van der Waals surface area contributed by atoms with Crippen LogP contribution < -0.4 is 16.6 Å². The van der Waals surface area contributed by atoms with Crippen LogP contribution >= 0.6 is 12.2 Å². The number of benzene rings is 2. The number of aromatic amines is 1. The molecule has 1 aromatic heterocycles. The second-order valence-electron chi connectivity index (χ2n) is 5.79. The van der Waals surface area contributed by atoms with Gasteiger partial charge in [0.15, 0.2) is 5.11 Å². The van der Waals surface area contributed by atoms with E-state index >= 15 is 0 Å². The molecule has 134 valence electrons. The van der Waals surface area contributed by atoms with Crippen LogP contribution in [0.5, 0.6) is 0 Å². The van der Waals surface area contributed by atoms with Crippen LogP contribution in [0.25, 0.3) is 10.9 Å². The topological polar surface area (TPSA) is 70.9 Å². The Labute approximate surface area is 151 Å². The minimum absolute atomic E-state index is 0.0265. The summed E-state index contributed by atoms with van der Waals surface area (Å²) in [5.41, 5.74) is 6.19. The van der Waals surface area contributed by atoms with E-state index < -0.39 is 17.3 Å². The minimum atomic E-state index is -4.60. The fourth-order valence-electron chi connectivity index (χ4n) is 2.73. The van der Waals surface area contributed by atoms with Crippen LogP contribution in [0.15, 0.2) is 53.3 Å². The summed E-state index contributed by atoms with van der Waals surface area (Å²) >= 11 is 4.76. The van der Waals surface area contributed by atoms with Crippen LogP contribution in [-0.2, 0) is 12.6 Å². The first-order valence-electron chi connectivity index (χ1n) is 7.61. The molecule has 0 radical (unpaired) electrons. The molecule has 0 saturated carbocycles. The van der Waals surface area contributed by atoms with Crippen molar-refractivity contribution in [2.75, 3.05) is 5.32 Å². The van der Waals surface area contributed by atoms with Crippen molar-refractivity contribution < 1.29 is 13.2 Å². The van der Waals surface area contributed by atoms with Crippen LogP contribution in [-0.4, -0.2) is 10.1 Å². The van der Waals surface area contributed by atoms with Crippen molar-refractivity contribution in [2.45, 2.75) is 12.6 Å². The van der Waals surface area contributed by atoms with Crippen molar-refractivity contribution >= 4 is 33.9 Å². The maximum absolute atomic E-state index is 13.2. The normalized spacial score (nSPS) is 11.5. The fourth-order valence-corrected chi connectivity index (χ4v) is 2.85. The molecule has 0 atom stereocenters. The third-order valence-electron chi connectivity index (χ3n) is 3.84. The highest BCUT2D eigenvalue weighted by Crippen LogP contribution is 2.33. The number of pyridine rings is 1. The SMILES string of the molecule is NC(=S)Nc1ccc(Cc2ccc3[nH]c(=O)cc(C(F)(F)F)c3c2)cc1. The van der Waals surface area contributed by atoms with Crippen molar-refractivity contribution in [3.63, 3.8) is 0 Å². The average Bonchev–Trinajstić information content (AvgIpc) is 2.55. The van der Waals surface area contributed by atoms with Gasteiger partial charge in [-0.3, -0.25) is 4.79 Å². The molecular weight excluding hydrogens is 363 g/mol. The number of alkyl halides is 3. The van der Waals surface area contributed by atoms with Gasteiger partial charge in [0.25, 0.3) is 0 Å². The Morgan fingerprint density at radius 3 is 2.35 bits per heavy atom. The molecule has 0 bridgehead atoms. The molecule has 4 nitrogen and oxygen atoms in total. The molecule has 4 N–H and O–H groups in total. The number of halogens is 3. The van der Waals surface area contributed by atoms with Gasteiger partial charge in [0, 0.05) is 22.7 Å². The zero-order valence-electron chi connectivity index (χ0n) is 13.4. The zero-order chi connectivity index (χ0) is 18.9. The summed E-state index contributed by atoms with van der Waals surface area (Å²) in [5.74, 6) is 0. The highest BCUT2D eigenvalue weighted by Gasteiger charge is 2.33. The molecule has 0 aliphatic heterocycles. The van der Waals surface area contributed by atoms with Gasteiger partial charge in [0.05, 0.1) is 5.56 Å². The second-order valence-corrected chi connectivity index (χ2v) is 6.23. The van der Waals surface area contributed by atoms with E-state index in [-0.39, 0.29) is 16.0 Å². The molecule has 0 saturated heterocycles. The summed E-state index contributed by atoms with van der Waals surface area (Å²) < 4.78 is 39.7. The highest BCUT2D eigenvalue weighted by atomic mass is 32.1. The van der Waals surface area contributed by atoms with Gasteiger partial charge in [-0.15, -0.1) is 0 Å². The Bertz CT molecular complexity index is 1030. The predicted octanol–water partition coefficient (Wildman–Crippen LogP) is 3.79. The van der Waals surface area contributed by atoms with Gasteiger partial charge in [-0.05, 0) is 54.0 Å². The number of aromatic nitrogens is 1. The molecule has 2 aromatic carbocycles. The Morgan fingerprint density at radius 1 is 1.08 bits per heavy atom. The molecule has 0 fully saturated rings. The Balaban J connectivity index is 1.95. The van der Waals surface area contributed by atoms with E-state index in [0.29, 0.717) is 18.1 Å². The number of H-pyrrole nitrogens is 1. The third kappa shape index (κ3) is 4.02. The lowest BCUT2D eigenvalue weighted by atomic mass is 10.0. The summed E-state index contributed by atoms with van der Waals surface area (Å²) in [7, 11) is 0. The first kappa shape index (κ1) is 17.9. The zero-order valence-corrected chi connectivity index (χ0v) is 14.2. The van der Waals surface area contributed by atoms with Gasteiger partial charge in [-0.25, -0.2) is 0 Å². The number of nitrogens with two attached hydrogens (primary N) is 1. The Kier molecular flexibility index (Phi) is 4.69. The van der Waals surface area contributed by atoms with Crippen molar-refractivity contribution in [3.8, 4) is 0 Å². The van der Waals surface area contributed by atoms with Crippen LogP contribution in [0.4, 0.5) is 18.9 Å². The van der Waals surface area contributed by atoms with Gasteiger partial charge >= 0.3 is 6.18 Å². The number of fused-ring (bicyclic) bond motifs is 1. The second kappa shape index (κ2) is 6.80. The standard InChI is InChI=1S/C18H14F3N3OS/c19-18(20,21)14-9-16(25)24-15-6-3-11(8-13(14)15)7-10-1-4-12(5-2-10)23-17(22)26/h1-6,8-9H,7H2,(H,24,25)(H3,22,23,26). The number of nitrogens with one attached hydrogen (secondary N) is 2. The van der Waals surface area contributed by atoms with E-state index in [4.69, 9.17) is 18.0 Å². The van der Waals surface area contributed by atoms with Gasteiger partial charge in [0.1, 0.15) is 0 Å². The highest BCUT2D eigenvalue weighted by molar-refractivity contribution is 7.80. The molecule has 3 rings (SSSR count). The number of rotatable bonds is 3. The van der Waals surface area contributed by atoms with Gasteiger partial charge < -0.3 is 16.0 Å². The summed E-state index contributed by atoms with van der Waals surface area (Å²) in [5, 5.41) is 2.93. The molecule has 0 aliphatic rings. The van der Waals surface area contributed by atoms with Crippen LogP contribution in [0.1, 0.15) is 16.7 Å². The monoisotopic (exact) mass is 377 g/mol. The third-order valence-corrected chi connectivity index (χ3v) is 3.94. The van der Waals surface area contributed by atoms with Crippen LogP contribution in [0, 0.1) is 0 Å². The lowest BCUT2D eigenvalue weighted by molar-refractivity contribution is -0.136. The number of hydrogen-bond acceptors (Lipinski definition) is 2. The maximum atomic E-state index is 13.2. The molecule has 0 aliphatic carbocycles. The van der Waals surface area contributed by atoms with E-state index in [1.165, 1.54) is 12.1 Å². The van der Waals surface area contributed by atoms with E-state index in [0.717, 1.165) is 11.3 Å². The smallest absolute Gasteiger partial charge is 0.376 e.